The highest BCUT2D eigenvalue weighted by molar-refractivity contribution is 7.93. The quantitative estimate of drug-likeness (QED) is 0.343. The van der Waals surface area contributed by atoms with E-state index in [9.17, 15) is 18.0 Å². The van der Waals surface area contributed by atoms with E-state index in [1.165, 1.54) is 43.5 Å². The van der Waals surface area contributed by atoms with Crippen LogP contribution in [0.1, 0.15) is 20.7 Å². The molecule has 0 atom stereocenters. The Morgan fingerprint density at radius 2 is 1.48 bits per heavy atom. The minimum Gasteiger partial charge on any atom is -0.478 e. The number of aromatic nitrogens is 2. The topological polar surface area (TPSA) is 161 Å². The summed E-state index contributed by atoms with van der Waals surface area (Å²) in [7, 11) is -2.80. The number of benzene rings is 3. The lowest BCUT2D eigenvalue weighted by atomic mass is 10.2. The number of nitrogens with zero attached hydrogens (tertiary/aromatic N) is 2. The summed E-state index contributed by atoms with van der Waals surface area (Å²) in [6, 6.07) is 14.5. The number of nitrogens with one attached hydrogen (secondary N) is 2. The Labute approximate surface area is 187 Å². The Morgan fingerprint density at radius 1 is 0.879 bits per heavy atom. The highest BCUT2D eigenvalue weighted by Gasteiger charge is 2.23. The predicted molar refractivity (Wildman–Crippen MR) is 117 cm³/mol. The van der Waals surface area contributed by atoms with Crippen LogP contribution < -0.4 is 10.0 Å². The molecule has 0 saturated heterocycles. The van der Waals surface area contributed by atoms with Crippen molar-refractivity contribution in [2.75, 3.05) is 17.1 Å². The minimum atomic E-state index is -4.09. The second-order valence-electron chi connectivity index (χ2n) is 6.75. The first-order valence-electron chi connectivity index (χ1n) is 9.35. The van der Waals surface area contributed by atoms with E-state index in [0.29, 0.717) is 16.9 Å². The Kier molecular flexibility index (Phi) is 5.67. The Hall–Kier alpha value is -4.45. The van der Waals surface area contributed by atoms with Crippen molar-refractivity contribution in [3.8, 4) is 0 Å². The third kappa shape index (κ3) is 4.45. The standard InChI is InChI=1S/C21H16N4O7S/c1-31-21(28)13-4-6-14(7-5-13)22-16-10-11-17(19-18(16)23-32-24-19)33(29,30)25-15-8-2-12(3-9-15)20(26)27/h2-11,22,25H,1H3,(H,26,27). The predicted octanol–water partition coefficient (Wildman–Crippen LogP) is 3.25. The van der Waals surface area contributed by atoms with Gasteiger partial charge in [-0.3, -0.25) is 4.72 Å². The normalized spacial score (nSPS) is 11.2. The second-order valence-corrected chi connectivity index (χ2v) is 8.41. The molecule has 0 amide bonds. The van der Waals surface area contributed by atoms with Gasteiger partial charge in [-0.1, -0.05) is 0 Å². The molecule has 1 aromatic heterocycles. The van der Waals surface area contributed by atoms with E-state index < -0.39 is 22.0 Å². The molecule has 0 bridgehead atoms. The number of ether oxygens (including phenoxy) is 1. The summed E-state index contributed by atoms with van der Waals surface area (Å²) >= 11 is 0. The zero-order chi connectivity index (χ0) is 23.6. The molecule has 0 saturated carbocycles. The molecule has 0 spiro atoms. The largest absolute Gasteiger partial charge is 0.478 e. The van der Waals surface area contributed by atoms with Crippen molar-refractivity contribution in [2.45, 2.75) is 4.90 Å². The minimum absolute atomic E-state index is 0.000775. The molecule has 0 fully saturated rings. The summed E-state index contributed by atoms with van der Waals surface area (Å²) in [6.45, 7) is 0. The van der Waals surface area contributed by atoms with Crippen LogP contribution in [-0.4, -0.2) is 42.9 Å². The number of hydrogen-bond acceptors (Lipinski definition) is 9. The molecule has 1 heterocycles. The van der Waals surface area contributed by atoms with Crippen LogP contribution in [0.15, 0.2) is 70.2 Å². The van der Waals surface area contributed by atoms with E-state index >= 15 is 0 Å². The lowest BCUT2D eigenvalue weighted by Crippen LogP contribution is -2.14. The number of carboxylic acids is 1. The molecule has 4 aromatic rings. The summed E-state index contributed by atoms with van der Waals surface area (Å²) in [4.78, 5) is 22.4. The van der Waals surface area contributed by atoms with Gasteiger partial charge in [0.05, 0.1) is 23.9 Å². The molecule has 4 rings (SSSR count). The lowest BCUT2D eigenvalue weighted by molar-refractivity contribution is 0.0599. The van der Waals surface area contributed by atoms with Crippen molar-refractivity contribution < 1.29 is 32.5 Å². The molecular formula is C21H16N4O7S. The number of fused-ring (bicyclic) bond motifs is 1. The molecule has 0 unspecified atom stereocenters. The number of hydrogen-bond donors (Lipinski definition) is 3. The van der Waals surface area contributed by atoms with Crippen LogP contribution >= 0.6 is 0 Å². The van der Waals surface area contributed by atoms with Gasteiger partial charge in [0, 0.05) is 11.4 Å². The van der Waals surface area contributed by atoms with Crippen LogP contribution in [-0.2, 0) is 14.8 Å². The molecule has 12 heteroatoms. The number of carbonyl (C=O) groups excluding carboxylic acids is 1. The zero-order valence-electron chi connectivity index (χ0n) is 17.0. The number of methoxy groups -OCH3 is 1. The van der Waals surface area contributed by atoms with E-state index in [0.717, 1.165) is 0 Å². The number of aromatic carboxylic acids is 1. The zero-order valence-corrected chi connectivity index (χ0v) is 17.8. The Bertz CT molecular complexity index is 1450. The van der Waals surface area contributed by atoms with Crippen molar-refractivity contribution >= 4 is 50.1 Å². The molecule has 0 aliphatic rings. The fraction of sp³-hybridized carbons (Fsp3) is 0.0476. The maximum Gasteiger partial charge on any atom is 0.337 e. The van der Waals surface area contributed by atoms with Gasteiger partial charge in [0.1, 0.15) is 4.90 Å². The van der Waals surface area contributed by atoms with Crippen molar-refractivity contribution in [1.29, 1.82) is 0 Å². The molecular weight excluding hydrogens is 452 g/mol. The number of carboxylic acid groups (broad SMARTS) is 1. The summed E-state index contributed by atoms with van der Waals surface area (Å²) in [6.07, 6.45) is 0. The highest BCUT2D eigenvalue weighted by atomic mass is 32.2. The van der Waals surface area contributed by atoms with Gasteiger partial charge in [0.25, 0.3) is 10.0 Å². The van der Waals surface area contributed by atoms with E-state index in [1.807, 2.05) is 0 Å². The summed E-state index contributed by atoms with van der Waals surface area (Å²) in [5.41, 5.74) is 1.80. The average Bonchev–Trinajstić information content (AvgIpc) is 3.29. The van der Waals surface area contributed by atoms with Crippen molar-refractivity contribution in [1.82, 2.24) is 10.3 Å². The first kappa shape index (κ1) is 21.8. The molecule has 3 N–H and O–H groups in total. The molecule has 11 nitrogen and oxygen atoms in total. The Morgan fingerprint density at radius 3 is 2.12 bits per heavy atom. The number of carbonyl (C=O) groups is 2. The lowest BCUT2D eigenvalue weighted by Gasteiger charge is -2.11. The summed E-state index contributed by atoms with van der Waals surface area (Å²) in [5, 5.41) is 19.6. The molecule has 0 aliphatic carbocycles. The van der Waals surface area contributed by atoms with Gasteiger partial charge < -0.3 is 15.2 Å². The average molecular weight is 468 g/mol. The maximum absolute atomic E-state index is 12.9. The van der Waals surface area contributed by atoms with Gasteiger partial charge in [0.15, 0.2) is 11.0 Å². The maximum atomic E-state index is 12.9. The number of rotatable bonds is 7. The molecule has 168 valence electrons. The first-order valence-corrected chi connectivity index (χ1v) is 10.8. The molecule has 3 aromatic carbocycles. The number of anilines is 3. The van der Waals surface area contributed by atoms with Crippen molar-refractivity contribution in [3.05, 3.63) is 71.8 Å². The van der Waals surface area contributed by atoms with Crippen LogP contribution in [0.5, 0.6) is 0 Å². The Balaban J connectivity index is 1.61. The van der Waals surface area contributed by atoms with Crippen LogP contribution in [0.3, 0.4) is 0 Å². The first-order chi connectivity index (χ1) is 15.8. The van der Waals surface area contributed by atoms with Gasteiger partial charge in [-0.05, 0) is 71.0 Å². The van der Waals surface area contributed by atoms with Crippen LogP contribution in [0.25, 0.3) is 11.0 Å². The SMILES string of the molecule is COC(=O)c1ccc(Nc2ccc(S(=O)(=O)Nc3ccc(C(=O)O)cc3)c3nonc23)cc1. The van der Waals surface area contributed by atoms with Gasteiger partial charge in [-0.2, -0.15) is 0 Å². The monoisotopic (exact) mass is 468 g/mol. The third-order valence-corrected chi connectivity index (χ3v) is 6.05. The second kappa shape index (κ2) is 8.59. The fourth-order valence-electron chi connectivity index (χ4n) is 3.02. The van der Waals surface area contributed by atoms with Crippen LogP contribution in [0.2, 0.25) is 0 Å². The van der Waals surface area contributed by atoms with Gasteiger partial charge in [-0.15, -0.1) is 0 Å². The van der Waals surface area contributed by atoms with Crippen LogP contribution in [0, 0.1) is 0 Å². The van der Waals surface area contributed by atoms with Crippen molar-refractivity contribution in [3.63, 3.8) is 0 Å². The molecule has 33 heavy (non-hydrogen) atoms. The summed E-state index contributed by atoms with van der Waals surface area (Å²) in [5.74, 6) is -1.59. The van der Waals surface area contributed by atoms with E-state index in [1.54, 1.807) is 24.3 Å². The number of sulfonamides is 1. The van der Waals surface area contributed by atoms with E-state index in [-0.39, 0.29) is 27.2 Å². The van der Waals surface area contributed by atoms with Gasteiger partial charge >= 0.3 is 11.9 Å². The van der Waals surface area contributed by atoms with E-state index in [2.05, 4.69) is 25.1 Å². The highest BCUT2D eigenvalue weighted by Crippen LogP contribution is 2.30. The van der Waals surface area contributed by atoms with Gasteiger partial charge in [0.2, 0.25) is 0 Å². The molecule has 0 radical (unpaired) electrons. The molecule has 0 aliphatic heterocycles. The fourth-order valence-corrected chi connectivity index (χ4v) is 4.21. The van der Waals surface area contributed by atoms with E-state index in [4.69, 9.17) is 9.74 Å². The smallest absolute Gasteiger partial charge is 0.337 e. The third-order valence-electron chi connectivity index (χ3n) is 4.64. The number of esters is 1. The van der Waals surface area contributed by atoms with Crippen molar-refractivity contribution in [2.24, 2.45) is 0 Å². The summed E-state index contributed by atoms with van der Waals surface area (Å²) < 4.78 is 37.7. The van der Waals surface area contributed by atoms with Crippen LogP contribution in [0.4, 0.5) is 17.1 Å². The van der Waals surface area contributed by atoms with Gasteiger partial charge in [-0.25, -0.2) is 22.6 Å².